The number of aryl methyl sites for hydroxylation is 5. The number of furan rings is 1. The van der Waals surface area contributed by atoms with E-state index in [1.165, 1.54) is 33.4 Å². The normalized spacial score (nSPS) is 11.2. The molecule has 0 bridgehead atoms. The fourth-order valence-corrected chi connectivity index (χ4v) is 5.33. The van der Waals surface area contributed by atoms with Crippen LogP contribution in [-0.4, -0.2) is 15.0 Å². The van der Waals surface area contributed by atoms with Gasteiger partial charge in [-0.1, -0.05) is 111 Å². The van der Waals surface area contributed by atoms with E-state index in [9.17, 15) is 0 Å². The molecule has 0 saturated heterocycles. The van der Waals surface area contributed by atoms with Crippen LogP contribution >= 0.6 is 0 Å². The average Bonchev–Trinajstić information content (AvgIpc) is 3.53. The van der Waals surface area contributed by atoms with Crippen molar-refractivity contribution >= 4 is 21.9 Å². The van der Waals surface area contributed by atoms with Gasteiger partial charge in [0.15, 0.2) is 0 Å². The third-order valence-corrected chi connectivity index (χ3v) is 8.55. The fourth-order valence-electron chi connectivity index (χ4n) is 5.33. The van der Waals surface area contributed by atoms with Crippen molar-refractivity contribution in [2.75, 3.05) is 0 Å². The van der Waals surface area contributed by atoms with Gasteiger partial charge >= 0.3 is 0 Å². The first-order valence-electron chi connectivity index (χ1n) is 15.7. The van der Waals surface area contributed by atoms with Crippen LogP contribution in [0.1, 0.15) is 54.3 Å². The molecule has 0 atom stereocenters. The molecule has 0 amide bonds. The van der Waals surface area contributed by atoms with E-state index in [1.807, 2.05) is 30.6 Å². The molecule has 4 nitrogen and oxygen atoms in total. The molecule has 4 heterocycles. The predicted molar refractivity (Wildman–Crippen MR) is 190 cm³/mol. The van der Waals surface area contributed by atoms with Gasteiger partial charge in [0.2, 0.25) is 0 Å². The van der Waals surface area contributed by atoms with Crippen LogP contribution in [0.4, 0.5) is 0 Å². The second-order valence-corrected chi connectivity index (χ2v) is 13.2. The van der Waals surface area contributed by atoms with E-state index < -0.39 is 0 Å². The number of hydrogen-bond acceptors (Lipinski definition) is 4. The van der Waals surface area contributed by atoms with Gasteiger partial charge in [-0.25, -0.2) is 0 Å². The molecule has 0 spiro atoms. The minimum absolute atomic E-state index is 0. The van der Waals surface area contributed by atoms with Gasteiger partial charge in [0.05, 0.1) is 5.58 Å². The molecule has 239 valence electrons. The molecule has 0 aliphatic carbocycles. The number of fused-ring (bicyclic) bond motifs is 3. The molecule has 3 aromatic carbocycles. The number of aromatic nitrogens is 3. The van der Waals surface area contributed by atoms with Crippen molar-refractivity contribution in [3.05, 3.63) is 137 Å². The van der Waals surface area contributed by atoms with E-state index in [2.05, 4.69) is 132 Å². The molecule has 0 aliphatic heterocycles. The summed E-state index contributed by atoms with van der Waals surface area (Å²) in [4.78, 5) is 14.1. The first-order chi connectivity index (χ1) is 22.0. The Balaban J connectivity index is 0.000000217. The molecule has 7 aromatic rings. The molecular formula is C42H39IrN3O-2. The quantitative estimate of drug-likeness (QED) is 0.167. The minimum atomic E-state index is -0.0452. The Labute approximate surface area is 291 Å². The van der Waals surface area contributed by atoms with Crippen LogP contribution in [0.5, 0.6) is 0 Å². The fraction of sp³-hybridized carbons (Fsp3) is 0.214. The van der Waals surface area contributed by atoms with Crippen molar-refractivity contribution in [1.29, 1.82) is 0 Å². The second-order valence-electron chi connectivity index (χ2n) is 13.2. The van der Waals surface area contributed by atoms with Crippen molar-refractivity contribution in [2.45, 2.75) is 60.8 Å². The summed E-state index contributed by atoms with van der Waals surface area (Å²) in [7, 11) is 0. The van der Waals surface area contributed by atoms with Crippen molar-refractivity contribution in [2.24, 2.45) is 0 Å². The summed E-state index contributed by atoms with van der Waals surface area (Å²) in [5.74, 6) is 0. The van der Waals surface area contributed by atoms with E-state index in [1.54, 1.807) is 6.26 Å². The van der Waals surface area contributed by atoms with Crippen LogP contribution in [0, 0.1) is 46.8 Å². The summed E-state index contributed by atoms with van der Waals surface area (Å²) >= 11 is 0. The zero-order chi connectivity index (χ0) is 32.6. The van der Waals surface area contributed by atoms with E-state index in [0.717, 1.165) is 55.6 Å². The van der Waals surface area contributed by atoms with Gasteiger partial charge in [-0.15, -0.1) is 41.0 Å². The summed E-state index contributed by atoms with van der Waals surface area (Å²) in [5.41, 5.74) is 15.1. The Kier molecular flexibility index (Phi) is 9.91. The van der Waals surface area contributed by atoms with Crippen molar-refractivity contribution < 1.29 is 24.5 Å². The predicted octanol–water partition coefficient (Wildman–Crippen LogP) is 10.9. The molecular weight excluding hydrogens is 755 g/mol. The largest absolute Gasteiger partial charge is 0.506 e. The molecule has 0 fully saturated rings. The van der Waals surface area contributed by atoms with E-state index in [-0.39, 0.29) is 25.5 Å². The maximum atomic E-state index is 5.78. The number of nitrogens with zero attached hydrogens (tertiary/aromatic N) is 3. The number of pyridine rings is 3. The van der Waals surface area contributed by atoms with Crippen LogP contribution in [0.25, 0.3) is 55.5 Å². The van der Waals surface area contributed by atoms with Gasteiger partial charge in [0.1, 0.15) is 0 Å². The Morgan fingerprint density at radius 1 is 0.702 bits per heavy atom. The summed E-state index contributed by atoms with van der Waals surface area (Å²) in [6.07, 6.45) is 5.49. The molecule has 0 aliphatic rings. The second kappa shape index (κ2) is 13.7. The Hall–Kier alpha value is -4.44. The SMILES string of the molecule is Cc1c[c-]c(-c2cc(C)c(C)cn2)cc1C.Cc1ccc(-c2ccnc(-c3[c-]c4ccoc4c4nc(C(C)(C)C)ccc34)c2)cc1.[Ir]. The third kappa shape index (κ3) is 7.27. The molecule has 1 radical (unpaired) electrons. The topological polar surface area (TPSA) is 51.8 Å². The molecule has 0 N–H and O–H groups in total. The number of rotatable bonds is 3. The van der Waals surface area contributed by atoms with Gasteiger partial charge < -0.3 is 9.40 Å². The van der Waals surface area contributed by atoms with Crippen molar-refractivity contribution in [3.8, 4) is 33.6 Å². The van der Waals surface area contributed by atoms with E-state index in [0.29, 0.717) is 0 Å². The first kappa shape index (κ1) is 33.9. The zero-order valence-electron chi connectivity index (χ0n) is 28.2. The zero-order valence-corrected chi connectivity index (χ0v) is 30.6. The summed E-state index contributed by atoms with van der Waals surface area (Å²) in [5, 5.41) is 1.91. The Bertz CT molecular complexity index is 2140. The molecule has 7 rings (SSSR count). The summed E-state index contributed by atoms with van der Waals surface area (Å²) in [6, 6.07) is 32.0. The van der Waals surface area contributed by atoms with Crippen LogP contribution < -0.4 is 0 Å². The monoisotopic (exact) mass is 794 g/mol. The van der Waals surface area contributed by atoms with Gasteiger partial charge in [-0.2, -0.15) is 0 Å². The van der Waals surface area contributed by atoms with Crippen LogP contribution in [0.3, 0.4) is 0 Å². The Morgan fingerprint density at radius 2 is 1.45 bits per heavy atom. The van der Waals surface area contributed by atoms with Gasteiger partial charge in [-0.3, -0.25) is 9.97 Å². The van der Waals surface area contributed by atoms with E-state index in [4.69, 9.17) is 9.40 Å². The molecule has 0 saturated carbocycles. The minimum Gasteiger partial charge on any atom is -0.506 e. The average molecular weight is 794 g/mol. The standard InChI is InChI=1S/C27H23N2O.C15H16N.Ir/c1-17-5-7-18(8-6-17)19-11-13-28-23(16-19)22-15-20-12-14-30-26(20)25-21(22)9-10-24(29-25)27(2,3)4;1-10-5-6-14(7-11(10)2)15-8-12(3)13(4)9-16-15;/h5-14,16H,1-4H3;5,7-9H,1-4H3;/q2*-1;. The van der Waals surface area contributed by atoms with Crippen LogP contribution in [0.2, 0.25) is 0 Å². The molecule has 4 aromatic heterocycles. The summed E-state index contributed by atoms with van der Waals surface area (Å²) < 4.78 is 5.78. The van der Waals surface area contributed by atoms with Crippen molar-refractivity contribution in [1.82, 2.24) is 15.0 Å². The number of benzene rings is 3. The molecule has 5 heteroatoms. The Morgan fingerprint density at radius 3 is 2.15 bits per heavy atom. The van der Waals surface area contributed by atoms with Crippen LogP contribution in [0.15, 0.2) is 95.9 Å². The summed E-state index contributed by atoms with van der Waals surface area (Å²) in [6.45, 7) is 17.0. The molecule has 0 unspecified atom stereocenters. The third-order valence-electron chi connectivity index (χ3n) is 8.55. The first-order valence-corrected chi connectivity index (χ1v) is 15.7. The van der Waals surface area contributed by atoms with Gasteiger partial charge in [0, 0.05) is 61.1 Å². The van der Waals surface area contributed by atoms with Crippen molar-refractivity contribution in [3.63, 3.8) is 0 Å². The van der Waals surface area contributed by atoms with Crippen LogP contribution in [-0.2, 0) is 25.5 Å². The number of hydrogen-bond donors (Lipinski definition) is 0. The smallest absolute Gasteiger partial charge is 0.0847 e. The van der Waals surface area contributed by atoms with Gasteiger partial charge in [-0.05, 0) is 55.3 Å². The van der Waals surface area contributed by atoms with E-state index >= 15 is 0 Å². The maximum absolute atomic E-state index is 5.78. The molecule has 47 heavy (non-hydrogen) atoms. The maximum Gasteiger partial charge on any atom is 0.0847 e. The van der Waals surface area contributed by atoms with Gasteiger partial charge in [0.25, 0.3) is 0 Å².